The van der Waals surface area contributed by atoms with E-state index >= 15 is 0 Å². The number of rotatable bonds is 3. The summed E-state index contributed by atoms with van der Waals surface area (Å²) in [4.78, 5) is 0. The van der Waals surface area contributed by atoms with Gasteiger partial charge in [0, 0.05) is 15.8 Å². The Hall–Kier alpha value is -1.42. The number of benzene rings is 2. The fourth-order valence-electron chi connectivity index (χ4n) is 2.34. The molecule has 3 aromatic rings. The van der Waals surface area contributed by atoms with Crippen LogP contribution in [0.4, 0.5) is 4.39 Å². The lowest BCUT2D eigenvalue weighted by molar-refractivity contribution is 0.624. The number of thiophene rings is 1. The first-order valence-electron chi connectivity index (χ1n) is 6.31. The molecule has 0 saturated heterocycles. The van der Waals surface area contributed by atoms with Gasteiger partial charge in [0.15, 0.2) is 0 Å². The third-order valence-corrected chi connectivity index (χ3v) is 4.70. The molecule has 1 atom stereocenters. The Morgan fingerprint density at radius 1 is 1.20 bits per heavy atom. The van der Waals surface area contributed by atoms with Gasteiger partial charge in [-0.2, -0.15) is 0 Å². The molecule has 0 aliphatic carbocycles. The Labute approximate surface area is 125 Å². The van der Waals surface area contributed by atoms with E-state index in [1.165, 1.54) is 27.8 Å². The highest BCUT2D eigenvalue weighted by atomic mass is 35.5. The van der Waals surface area contributed by atoms with Crippen molar-refractivity contribution in [3.8, 4) is 0 Å². The molecule has 0 bridgehead atoms. The second-order valence-electron chi connectivity index (χ2n) is 4.73. The quantitative estimate of drug-likeness (QED) is 0.729. The lowest BCUT2D eigenvalue weighted by Crippen LogP contribution is -2.13. The topological polar surface area (TPSA) is 26.0 Å². The molecule has 0 amide bonds. The maximum atomic E-state index is 13.1. The zero-order valence-electron chi connectivity index (χ0n) is 10.6. The molecule has 0 spiro atoms. The van der Waals surface area contributed by atoms with E-state index in [0.29, 0.717) is 11.4 Å². The molecule has 0 fully saturated rings. The van der Waals surface area contributed by atoms with Crippen LogP contribution in [0.3, 0.4) is 0 Å². The van der Waals surface area contributed by atoms with Gasteiger partial charge in [-0.15, -0.1) is 11.3 Å². The van der Waals surface area contributed by atoms with Crippen molar-refractivity contribution in [2.24, 2.45) is 5.73 Å². The van der Waals surface area contributed by atoms with Crippen LogP contribution >= 0.6 is 22.9 Å². The minimum atomic E-state index is -0.341. The zero-order valence-corrected chi connectivity index (χ0v) is 12.2. The van der Waals surface area contributed by atoms with Crippen LogP contribution in [0.2, 0.25) is 5.02 Å². The summed E-state index contributed by atoms with van der Waals surface area (Å²) < 4.78 is 14.3. The summed E-state index contributed by atoms with van der Waals surface area (Å²) in [5.41, 5.74) is 8.21. The van der Waals surface area contributed by atoms with E-state index < -0.39 is 0 Å². The lowest BCUT2D eigenvalue weighted by Gasteiger charge is -2.13. The first-order valence-corrected chi connectivity index (χ1v) is 7.56. The normalized spacial score (nSPS) is 12.8. The molecule has 1 unspecified atom stereocenters. The van der Waals surface area contributed by atoms with E-state index in [4.69, 9.17) is 17.3 Å². The van der Waals surface area contributed by atoms with E-state index in [1.807, 2.05) is 12.1 Å². The first-order chi connectivity index (χ1) is 9.65. The van der Waals surface area contributed by atoms with Crippen molar-refractivity contribution >= 4 is 33.0 Å². The molecule has 3 rings (SSSR count). The highest BCUT2D eigenvalue weighted by Crippen LogP contribution is 2.30. The number of hydrogen-bond donors (Lipinski definition) is 1. The third kappa shape index (κ3) is 2.57. The fourth-order valence-corrected chi connectivity index (χ4v) is 3.62. The monoisotopic (exact) mass is 305 g/mol. The highest BCUT2D eigenvalue weighted by molar-refractivity contribution is 7.17. The van der Waals surface area contributed by atoms with Gasteiger partial charge in [-0.3, -0.25) is 0 Å². The van der Waals surface area contributed by atoms with Crippen molar-refractivity contribution < 1.29 is 4.39 Å². The standard InChI is InChI=1S/C16H13ClFNS/c17-14-8-11(18)5-6-13(14)15(19)7-10-9-20-16-4-2-1-3-12(10)16/h1-6,8-9,15H,7,19H2. The number of hydrogen-bond acceptors (Lipinski definition) is 2. The Bertz CT molecular complexity index is 753. The Morgan fingerprint density at radius 2 is 2.00 bits per heavy atom. The van der Waals surface area contributed by atoms with Crippen LogP contribution in [0.25, 0.3) is 10.1 Å². The Kier molecular flexibility index (Phi) is 3.74. The SMILES string of the molecule is NC(Cc1csc2ccccc12)c1ccc(F)cc1Cl. The molecule has 1 nitrogen and oxygen atoms in total. The van der Waals surface area contributed by atoms with E-state index in [-0.39, 0.29) is 11.9 Å². The number of halogens is 2. The second kappa shape index (κ2) is 5.52. The lowest BCUT2D eigenvalue weighted by atomic mass is 9.99. The summed E-state index contributed by atoms with van der Waals surface area (Å²) in [6.45, 7) is 0. The van der Waals surface area contributed by atoms with E-state index in [1.54, 1.807) is 17.4 Å². The van der Waals surface area contributed by atoms with Crippen LogP contribution in [0, 0.1) is 5.82 Å². The van der Waals surface area contributed by atoms with Gasteiger partial charge in [0.2, 0.25) is 0 Å². The minimum absolute atomic E-state index is 0.235. The van der Waals surface area contributed by atoms with Gasteiger partial charge in [-0.25, -0.2) is 4.39 Å². The van der Waals surface area contributed by atoms with Crippen molar-refractivity contribution in [1.29, 1.82) is 0 Å². The van der Waals surface area contributed by atoms with Crippen molar-refractivity contribution in [1.82, 2.24) is 0 Å². The molecule has 0 aliphatic rings. The van der Waals surface area contributed by atoms with Crippen molar-refractivity contribution in [2.75, 3.05) is 0 Å². The molecule has 102 valence electrons. The van der Waals surface area contributed by atoms with Gasteiger partial charge < -0.3 is 5.73 Å². The molecule has 0 saturated carbocycles. The zero-order chi connectivity index (χ0) is 14.1. The molecule has 4 heteroatoms. The van der Waals surface area contributed by atoms with Crippen LogP contribution in [0.1, 0.15) is 17.2 Å². The Morgan fingerprint density at radius 3 is 2.80 bits per heavy atom. The van der Waals surface area contributed by atoms with Crippen LogP contribution in [0.5, 0.6) is 0 Å². The summed E-state index contributed by atoms with van der Waals surface area (Å²) >= 11 is 7.77. The molecular weight excluding hydrogens is 293 g/mol. The predicted molar refractivity (Wildman–Crippen MR) is 83.9 cm³/mol. The van der Waals surface area contributed by atoms with Gasteiger partial charge in [0.25, 0.3) is 0 Å². The number of nitrogens with two attached hydrogens (primary N) is 1. The van der Waals surface area contributed by atoms with Crippen molar-refractivity contribution in [2.45, 2.75) is 12.5 Å². The van der Waals surface area contributed by atoms with Gasteiger partial charge in [0.05, 0.1) is 0 Å². The minimum Gasteiger partial charge on any atom is -0.324 e. The van der Waals surface area contributed by atoms with Crippen LogP contribution in [-0.4, -0.2) is 0 Å². The summed E-state index contributed by atoms with van der Waals surface area (Å²) in [6.07, 6.45) is 0.690. The number of fused-ring (bicyclic) bond motifs is 1. The van der Waals surface area contributed by atoms with Gasteiger partial charge in [-0.05, 0) is 46.5 Å². The largest absolute Gasteiger partial charge is 0.324 e. The van der Waals surface area contributed by atoms with E-state index in [9.17, 15) is 4.39 Å². The molecule has 0 radical (unpaired) electrons. The van der Waals surface area contributed by atoms with E-state index in [0.717, 1.165) is 5.56 Å². The van der Waals surface area contributed by atoms with E-state index in [2.05, 4.69) is 17.5 Å². The third-order valence-electron chi connectivity index (χ3n) is 3.36. The predicted octanol–water partition coefficient (Wildman–Crippen LogP) is 4.94. The summed E-state index contributed by atoms with van der Waals surface area (Å²) in [6, 6.07) is 12.4. The van der Waals surface area contributed by atoms with Crippen molar-refractivity contribution in [3.05, 3.63) is 69.8 Å². The summed E-state index contributed by atoms with van der Waals surface area (Å²) in [7, 11) is 0. The van der Waals surface area contributed by atoms with Gasteiger partial charge in [-0.1, -0.05) is 35.9 Å². The first kappa shape index (κ1) is 13.6. The van der Waals surface area contributed by atoms with Crippen LogP contribution in [-0.2, 0) is 6.42 Å². The van der Waals surface area contributed by atoms with Crippen molar-refractivity contribution in [3.63, 3.8) is 0 Å². The average Bonchev–Trinajstić information content (AvgIpc) is 2.82. The average molecular weight is 306 g/mol. The molecule has 0 aliphatic heterocycles. The second-order valence-corrected chi connectivity index (χ2v) is 6.05. The van der Waals surface area contributed by atoms with Crippen LogP contribution < -0.4 is 5.73 Å². The fraction of sp³-hybridized carbons (Fsp3) is 0.125. The Balaban J connectivity index is 1.90. The highest BCUT2D eigenvalue weighted by Gasteiger charge is 2.14. The summed E-state index contributed by atoms with van der Waals surface area (Å²) in [5.74, 6) is -0.341. The maximum absolute atomic E-state index is 13.1. The van der Waals surface area contributed by atoms with Gasteiger partial charge >= 0.3 is 0 Å². The molecule has 2 N–H and O–H groups in total. The smallest absolute Gasteiger partial charge is 0.124 e. The molecule has 2 aromatic carbocycles. The molecule has 1 heterocycles. The maximum Gasteiger partial charge on any atom is 0.124 e. The molecular formula is C16H13ClFNS. The van der Waals surface area contributed by atoms with Crippen LogP contribution in [0.15, 0.2) is 47.8 Å². The molecule has 1 aromatic heterocycles. The summed E-state index contributed by atoms with van der Waals surface area (Å²) in [5, 5.41) is 3.74. The van der Waals surface area contributed by atoms with Gasteiger partial charge in [0.1, 0.15) is 5.82 Å². The molecule has 20 heavy (non-hydrogen) atoms.